The number of nitrogens with zero attached hydrogens (tertiary/aromatic N) is 2. The van der Waals surface area contributed by atoms with Crippen LogP contribution < -0.4 is 14.4 Å². The number of nitro groups is 1. The fraction of sp³-hybridized carbons (Fsp3) is 0.280. The molecule has 0 fully saturated rings. The Balaban J connectivity index is 2.06. The van der Waals surface area contributed by atoms with E-state index in [1.165, 1.54) is 61.7 Å². The number of ether oxygens (including phenoxy) is 2. The van der Waals surface area contributed by atoms with Gasteiger partial charge in [-0.3, -0.25) is 10.1 Å². The molecule has 39 heavy (non-hydrogen) atoms. The van der Waals surface area contributed by atoms with Crippen molar-refractivity contribution in [3.63, 3.8) is 0 Å². The van der Waals surface area contributed by atoms with Gasteiger partial charge in [-0.25, -0.2) is 0 Å². The van der Waals surface area contributed by atoms with Crippen LogP contribution >= 0.6 is 0 Å². The van der Waals surface area contributed by atoms with Gasteiger partial charge in [-0.05, 0) is 29.3 Å². The van der Waals surface area contributed by atoms with Crippen LogP contribution in [0.4, 0.5) is 42.1 Å². The van der Waals surface area contributed by atoms with E-state index in [4.69, 9.17) is 4.74 Å². The Bertz CT molecular complexity index is 1300. The number of anilines is 1. The van der Waals surface area contributed by atoms with E-state index < -0.39 is 48.6 Å². The van der Waals surface area contributed by atoms with E-state index in [1.54, 1.807) is 0 Å². The van der Waals surface area contributed by atoms with Gasteiger partial charge in [0.25, 0.3) is 5.69 Å². The fourth-order valence-electron chi connectivity index (χ4n) is 3.69. The number of halogens is 7. The summed E-state index contributed by atoms with van der Waals surface area (Å²) in [6.07, 6.45) is -16.8. The maximum atomic E-state index is 13.4. The molecule has 1 atom stereocenters. The molecule has 14 heteroatoms. The second kappa shape index (κ2) is 11.8. The molecule has 0 aliphatic rings. The number of methoxy groups -OCH3 is 1. The van der Waals surface area contributed by atoms with Crippen LogP contribution in [0.1, 0.15) is 5.56 Å². The molecule has 1 unspecified atom stereocenters. The molecule has 0 aromatic heterocycles. The average molecular weight is 562 g/mol. The molecule has 210 valence electrons. The Kier molecular flexibility index (Phi) is 8.89. The smallest absolute Gasteiger partial charge is 0.461 e. The van der Waals surface area contributed by atoms with Gasteiger partial charge in [0.05, 0.1) is 24.3 Å². The third-order valence-corrected chi connectivity index (χ3v) is 5.46. The minimum atomic E-state index is -5.02. The average Bonchev–Trinajstić information content (AvgIpc) is 2.87. The molecule has 0 spiro atoms. The number of nitro benzene ring substituents is 1. The zero-order valence-electron chi connectivity index (χ0n) is 20.0. The summed E-state index contributed by atoms with van der Waals surface area (Å²) in [5.41, 5.74) is 0.438. The van der Waals surface area contributed by atoms with Gasteiger partial charge in [-0.2, -0.15) is 30.7 Å². The Hall–Kier alpha value is -4.07. The summed E-state index contributed by atoms with van der Waals surface area (Å²) in [5.74, 6) is -0.657. The zero-order chi connectivity index (χ0) is 29.0. The molecule has 0 saturated heterocycles. The Morgan fingerprint density at radius 3 is 2.28 bits per heavy atom. The Morgan fingerprint density at radius 1 is 1.00 bits per heavy atom. The first-order valence-corrected chi connectivity index (χ1v) is 11.1. The van der Waals surface area contributed by atoms with Crippen LogP contribution in [-0.2, 0) is 6.54 Å². The topological polar surface area (TPSA) is 85.1 Å². The number of hydrogen-bond acceptors (Lipinski definition) is 6. The third kappa shape index (κ3) is 7.28. The molecule has 0 amide bonds. The minimum Gasteiger partial charge on any atom is -0.494 e. The van der Waals surface area contributed by atoms with Gasteiger partial charge in [0.1, 0.15) is 11.5 Å². The third-order valence-electron chi connectivity index (χ3n) is 5.46. The van der Waals surface area contributed by atoms with E-state index in [2.05, 4.69) is 4.74 Å². The molecule has 3 aromatic carbocycles. The van der Waals surface area contributed by atoms with Gasteiger partial charge in [0, 0.05) is 24.2 Å². The second-order valence-corrected chi connectivity index (χ2v) is 8.22. The van der Waals surface area contributed by atoms with Crippen LogP contribution in [0.2, 0.25) is 0 Å². The van der Waals surface area contributed by atoms with Crippen LogP contribution in [0.15, 0.2) is 66.7 Å². The molecule has 3 rings (SSSR count). The highest BCUT2D eigenvalue weighted by Gasteiger charge is 2.44. The molecular weight excluding hydrogens is 541 g/mol. The van der Waals surface area contributed by atoms with Crippen molar-refractivity contribution in [3.8, 4) is 22.6 Å². The van der Waals surface area contributed by atoms with E-state index in [-0.39, 0.29) is 28.3 Å². The lowest BCUT2D eigenvalue weighted by Crippen LogP contribution is -2.41. The van der Waals surface area contributed by atoms with Crippen molar-refractivity contribution in [1.29, 1.82) is 0 Å². The summed E-state index contributed by atoms with van der Waals surface area (Å²) in [5, 5.41) is 21.0. The molecule has 0 aliphatic heterocycles. The van der Waals surface area contributed by atoms with Crippen molar-refractivity contribution in [2.24, 2.45) is 0 Å². The van der Waals surface area contributed by atoms with Crippen LogP contribution in [0.5, 0.6) is 11.5 Å². The number of benzene rings is 3. The van der Waals surface area contributed by atoms with Crippen molar-refractivity contribution in [3.05, 3.63) is 82.4 Å². The normalized spacial score (nSPS) is 12.8. The summed E-state index contributed by atoms with van der Waals surface area (Å²) >= 11 is 0. The number of para-hydroxylation sites is 1. The second-order valence-electron chi connectivity index (χ2n) is 8.22. The van der Waals surface area contributed by atoms with Crippen molar-refractivity contribution < 1.29 is 50.2 Å². The standard InChI is InChI=1S/C25H21F7N2O5/c1-38-22-19(16-6-3-7-17(12-16)34(36)37)9-4-10-20(22)33(14-21(35)24(28,29)30)13-15-5-2-8-18(11-15)39-25(31,32)23(26)27/h2-12,21,23,35H,13-14H2,1H3. The first-order chi connectivity index (χ1) is 18.2. The van der Waals surface area contributed by atoms with Gasteiger partial charge in [0.2, 0.25) is 0 Å². The predicted octanol–water partition coefficient (Wildman–Crippen LogP) is 6.44. The monoisotopic (exact) mass is 562 g/mol. The maximum Gasteiger partial charge on any atom is 0.461 e. The molecule has 0 aliphatic carbocycles. The lowest BCUT2D eigenvalue weighted by Gasteiger charge is -2.30. The highest BCUT2D eigenvalue weighted by atomic mass is 19.4. The summed E-state index contributed by atoms with van der Waals surface area (Å²) in [6.45, 7) is -1.46. The fourth-order valence-corrected chi connectivity index (χ4v) is 3.69. The van der Waals surface area contributed by atoms with Crippen LogP contribution in [-0.4, -0.2) is 48.5 Å². The molecule has 0 bridgehead atoms. The Labute approximate surface area is 217 Å². The first kappa shape index (κ1) is 29.5. The van der Waals surface area contributed by atoms with E-state index >= 15 is 0 Å². The number of rotatable bonds is 11. The molecule has 3 aromatic rings. The summed E-state index contributed by atoms with van der Waals surface area (Å²) < 4.78 is 101. The van der Waals surface area contributed by atoms with Crippen LogP contribution in [0.3, 0.4) is 0 Å². The minimum absolute atomic E-state index is 0.00371. The molecule has 1 N–H and O–H groups in total. The number of aliphatic hydroxyl groups excluding tert-OH is 1. The quantitative estimate of drug-likeness (QED) is 0.165. The van der Waals surface area contributed by atoms with Crippen molar-refractivity contribution >= 4 is 11.4 Å². The van der Waals surface area contributed by atoms with E-state index in [1.807, 2.05) is 0 Å². The number of alkyl halides is 7. The van der Waals surface area contributed by atoms with E-state index in [0.717, 1.165) is 17.0 Å². The van der Waals surface area contributed by atoms with Gasteiger partial charge < -0.3 is 19.5 Å². The molecule has 0 saturated carbocycles. The van der Waals surface area contributed by atoms with Gasteiger partial charge in [-0.15, -0.1) is 0 Å². The van der Waals surface area contributed by atoms with E-state index in [0.29, 0.717) is 5.56 Å². The van der Waals surface area contributed by atoms with E-state index in [9.17, 15) is 46.0 Å². The molecule has 7 nitrogen and oxygen atoms in total. The lowest BCUT2D eigenvalue weighted by molar-refractivity contribution is -0.384. The van der Waals surface area contributed by atoms with Gasteiger partial charge in [0.15, 0.2) is 6.10 Å². The van der Waals surface area contributed by atoms with Crippen LogP contribution in [0.25, 0.3) is 11.1 Å². The maximum absolute atomic E-state index is 13.4. The van der Waals surface area contributed by atoms with Gasteiger partial charge >= 0.3 is 18.7 Å². The summed E-state index contributed by atoms with van der Waals surface area (Å²) in [6, 6.07) is 14.2. The summed E-state index contributed by atoms with van der Waals surface area (Å²) in [7, 11) is 1.22. The Morgan fingerprint density at radius 2 is 1.67 bits per heavy atom. The number of aliphatic hydroxyl groups is 1. The largest absolute Gasteiger partial charge is 0.494 e. The zero-order valence-corrected chi connectivity index (χ0v) is 20.0. The molecule has 0 radical (unpaired) electrons. The van der Waals surface area contributed by atoms with Crippen LogP contribution in [0, 0.1) is 10.1 Å². The number of hydrogen-bond donors (Lipinski definition) is 1. The molecular formula is C25H21F7N2O5. The SMILES string of the molecule is COc1c(-c2cccc([N+](=O)[O-])c2)cccc1N(Cc1cccc(OC(F)(F)C(F)F)c1)CC(O)C(F)(F)F. The van der Waals surface area contributed by atoms with Crippen molar-refractivity contribution in [2.45, 2.75) is 31.4 Å². The summed E-state index contributed by atoms with van der Waals surface area (Å²) in [4.78, 5) is 11.6. The van der Waals surface area contributed by atoms with Gasteiger partial charge in [-0.1, -0.05) is 36.4 Å². The number of non-ortho nitro benzene ring substituents is 1. The van der Waals surface area contributed by atoms with Crippen molar-refractivity contribution in [1.82, 2.24) is 0 Å². The highest BCUT2D eigenvalue weighted by molar-refractivity contribution is 5.79. The van der Waals surface area contributed by atoms with Crippen molar-refractivity contribution in [2.75, 3.05) is 18.6 Å². The first-order valence-electron chi connectivity index (χ1n) is 11.1. The predicted molar refractivity (Wildman–Crippen MR) is 126 cm³/mol. The molecule has 0 heterocycles. The lowest BCUT2D eigenvalue weighted by atomic mass is 10.0. The highest BCUT2D eigenvalue weighted by Crippen LogP contribution is 2.40.